The van der Waals surface area contributed by atoms with Crippen molar-refractivity contribution in [3.63, 3.8) is 0 Å². The van der Waals surface area contributed by atoms with Crippen LogP contribution in [0.3, 0.4) is 0 Å². The van der Waals surface area contributed by atoms with Gasteiger partial charge in [-0.15, -0.1) is 0 Å². The van der Waals surface area contributed by atoms with Gasteiger partial charge in [0.25, 0.3) is 0 Å². The maximum absolute atomic E-state index is 6.04. The summed E-state index contributed by atoms with van der Waals surface area (Å²) in [6.07, 6.45) is 1.62. The molecule has 1 heterocycles. The maximum Gasteiger partial charge on any atom is 0.130 e. The van der Waals surface area contributed by atoms with Crippen LogP contribution in [0.25, 0.3) is 0 Å². The van der Waals surface area contributed by atoms with E-state index < -0.39 is 0 Å². The minimum absolute atomic E-state index is 0.365. The predicted molar refractivity (Wildman–Crippen MR) is 77.5 cm³/mol. The van der Waals surface area contributed by atoms with E-state index in [-0.39, 0.29) is 0 Å². The minimum atomic E-state index is 0.365. The number of ether oxygens (including phenoxy) is 1. The van der Waals surface area contributed by atoms with Crippen LogP contribution in [0.4, 0.5) is 0 Å². The fourth-order valence-electron chi connectivity index (χ4n) is 1.41. The van der Waals surface area contributed by atoms with Crippen molar-refractivity contribution in [2.75, 3.05) is 0 Å². The van der Waals surface area contributed by atoms with E-state index in [1.165, 1.54) is 0 Å². The number of halogens is 3. The molecule has 0 radical (unpaired) electrons. The molecule has 0 spiro atoms. The Labute approximate surface area is 124 Å². The van der Waals surface area contributed by atoms with E-state index >= 15 is 0 Å². The van der Waals surface area contributed by atoms with Crippen molar-refractivity contribution < 1.29 is 4.74 Å². The van der Waals surface area contributed by atoms with Gasteiger partial charge in [-0.2, -0.15) is 0 Å². The molecule has 1 aromatic heterocycles. The summed E-state index contributed by atoms with van der Waals surface area (Å²) >= 11 is 15.2. The zero-order valence-electron chi connectivity index (χ0n) is 9.58. The van der Waals surface area contributed by atoms with Crippen LogP contribution in [-0.2, 0) is 6.61 Å². The summed E-state index contributed by atoms with van der Waals surface area (Å²) in [5, 5.41) is 0.937. The Morgan fingerprint density at radius 2 is 2.06 bits per heavy atom. The molecular weight excluding hydrogens is 337 g/mol. The average molecular weight is 347 g/mol. The molecule has 94 valence electrons. The SMILES string of the molecule is Cc1cc(OCc2cnc(Cl)cc2Cl)ccc1Br. The van der Waals surface area contributed by atoms with Crippen LogP contribution < -0.4 is 4.74 Å². The molecule has 0 saturated carbocycles. The van der Waals surface area contributed by atoms with Gasteiger partial charge in [-0.05, 0) is 36.8 Å². The third kappa shape index (κ3) is 3.37. The lowest BCUT2D eigenvalue weighted by molar-refractivity contribution is 0.305. The maximum atomic E-state index is 6.04. The van der Waals surface area contributed by atoms with Crippen molar-refractivity contribution in [1.29, 1.82) is 0 Å². The molecule has 0 aliphatic carbocycles. The van der Waals surface area contributed by atoms with Gasteiger partial charge in [0.15, 0.2) is 0 Å². The average Bonchev–Trinajstić information content (AvgIpc) is 2.32. The molecule has 0 fully saturated rings. The second-order valence-corrected chi connectivity index (χ2v) is 5.45. The first kappa shape index (κ1) is 13.7. The smallest absolute Gasteiger partial charge is 0.130 e. The highest BCUT2D eigenvalue weighted by atomic mass is 79.9. The van der Waals surface area contributed by atoms with Gasteiger partial charge in [0.05, 0.1) is 5.02 Å². The number of benzene rings is 1. The van der Waals surface area contributed by atoms with Crippen molar-refractivity contribution in [2.24, 2.45) is 0 Å². The molecule has 0 aliphatic rings. The molecule has 0 unspecified atom stereocenters. The van der Waals surface area contributed by atoms with Crippen molar-refractivity contribution in [3.05, 3.63) is 56.2 Å². The van der Waals surface area contributed by atoms with Gasteiger partial charge >= 0.3 is 0 Å². The molecule has 0 amide bonds. The lowest BCUT2D eigenvalue weighted by Crippen LogP contribution is -1.97. The normalized spacial score (nSPS) is 10.4. The highest BCUT2D eigenvalue weighted by molar-refractivity contribution is 9.10. The number of pyridine rings is 1. The molecule has 5 heteroatoms. The highest BCUT2D eigenvalue weighted by Crippen LogP contribution is 2.24. The molecule has 0 saturated heterocycles. The molecule has 0 atom stereocenters. The minimum Gasteiger partial charge on any atom is -0.489 e. The molecule has 2 nitrogen and oxygen atoms in total. The van der Waals surface area contributed by atoms with Crippen LogP contribution in [0.5, 0.6) is 5.75 Å². The first-order chi connectivity index (χ1) is 8.56. The fourth-order valence-corrected chi connectivity index (χ4v) is 2.08. The van der Waals surface area contributed by atoms with Gasteiger partial charge in [-0.25, -0.2) is 4.98 Å². The third-order valence-corrected chi connectivity index (χ3v) is 3.87. The van der Waals surface area contributed by atoms with E-state index in [0.717, 1.165) is 21.3 Å². The summed E-state index contributed by atoms with van der Waals surface area (Å²) in [6.45, 7) is 2.37. The highest BCUT2D eigenvalue weighted by Gasteiger charge is 2.04. The van der Waals surface area contributed by atoms with Crippen molar-refractivity contribution in [2.45, 2.75) is 13.5 Å². The van der Waals surface area contributed by atoms with Crippen molar-refractivity contribution >= 4 is 39.1 Å². The van der Waals surface area contributed by atoms with Crippen LogP contribution in [0, 0.1) is 6.92 Å². The van der Waals surface area contributed by atoms with Crippen LogP contribution in [0.15, 0.2) is 34.9 Å². The van der Waals surface area contributed by atoms with Crippen LogP contribution in [0.2, 0.25) is 10.2 Å². The zero-order valence-corrected chi connectivity index (χ0v) is 12.7. The molecular formula is C13H10BrCl2NO. The summed E-state index contributed by atoms with van der Waals surface area (Å²) in [4.78, 5) is 3.98. The Hall–Kier alpha value is -0.770. The number of aromatic nitrogens is 1. The summed E-state index contributed by atoms with van der Waals surface area (Å²) in [7, 11) is 0. The van der Waals surface area contributed by atoms with Gasteiger partial charge in [0, 0.05) is 16.2 Å². The number of nitrogens with zero attached hydrogens (tertiary/aromatic N) is 1. The Morgan fingerprint density at radius 3 is 2.72 bits per heavy atom. The van der Waals surface area contributed by atoms with E-state index in [1.807, 2.05) is 25.1 Å². The molecule has 18 heavy (non-hydrogen) atoms. The summed E-state index contributed by atoms with van der Waals surface area (Å²) in [5.74, 6) is 0.793. The van der Waals surface area contributed by atoms with E-state index in [1.54, 1.807) is 12.3 Å². The number of rotatable bonds is 3. The largest absolute Gasteiger partial charge is 0.489 e. The van der Waals surface area contributed by atoms with Gasteiger partial charge in [-0.1, -0.05) is 39.1 Å². The number of hydrogen-bond donors (Lipinski definition) is 0. The standard InChI is InChI=1S/C13H10BrCl2NO/c1-8-4-10(2-3-11(8)14)18-7-9-6-17-13(16)5-12(9)15/h2-6H,7H2,1H3. The lowest BCUT2D eigenvalue weighted by atomic mass is 10.2. The second-order valence-electron chi connectivity index (χ2n) is 3.80. The Morgan fingerprint density at radius 1 is 1.28 bits per heavy atom. The summed E-state index contributed by atoms with van der Waals surface area (Å²) in [5.41, 5.74) is 1.93. The summed E-state index contributed by atoms with van der Waals surface area (Å²) < 4.78 is 6.72. The topological polar surface area (TPSA) is 22.1 Å². The Balaban J connectivity index is 2.09. The molecule has 0 N–H and O–H groups in total. The number of aryl methyl sites for hydroxylation is 1. The van der Waals surface area contributed by atoms with Crippen LogP contribution >= 0.6 is 39.1 Å². The van der Waals surface area contributed by atoms with E-state index in [2.05, 4.69) is 20.9 Å². The first-order valence-corrected chi connectivity index (χ1v) is 6.80. The van der Waals surface area contributed by atoms with Crippen molar-refractivity contribution in [3.8, 4) is 5.75 Å². The predicted octanol–water partition coefficient (Wildman–Crippen LogP) is 5.04. The van der Waals surface area contributed by atoms with E-state index in [9.17, 15) is 0 Å². The third-order valence-electron chi connectivity index (χ3n) is 2.42. The van der Waals surface area contributed by atoms with Crippen LogP contribution in [-0.4, -0.2) is 4.98 Å². The van der Waals surface area contributed by atoms with Gasteiger partial charge in [0.1, 0.15) is 17.5 Å². The zero-order chi connectivity index (χ0) is 13.1. The monoisotopic (exact) mass is 345 g/mol. The van der Waals surface area contributed by atoms with Gasteiger partial charge in [-0.3, -0.25) is 0 Å². The van der Waals surface area contributed by atoms with E-state index in [0.29, 0.717) is 16.8 Å². The van der Waals surface area contributed by atoms with Crippen LogP contribution in [0.1, 0.15) is 11.1 Å². The molecule has 1 aromatic carbocycles. The molecule has 0 aliphatic heterocycles. The Kier molecular flexibility index (Phi) is 4.49. The molecule has 2 rings (SSSR count). The first-order valence-electron chi connectivity index (χ1n) is 5.25. The summed E-state index contributed by atoms with van der Waals surface area (Å²) in [6, 6.07) is 7.41. The second kappa shape index (κ2) is 5.91. The number of hydrogen-bond acceptors (Lipinski definition) is 2. The van der Waals surface area contributed by atoms with Gasteiger partial charge < -0.3 is 4.74 Å². The Bertz CT molecular complexity index is 575. The molecule has 2 aromatic rings. The lowest BCUT2D eigenvalue weighted by Gasteiger charge is -2.09. The van der Waals surface area contributed by atoms with Gasteiger partial charge in [0.2, 0.25) is 0 Å². The van der Waals surface area contributed by atoms with E-state index in [4.69, 9.17) is 27.9 Å². The molecule has 0 bridgehead atoms. The quantitative estimate of drug-likeness (QED) is 0.726. The fraction of sp³-hybridized carbons (Fsp3) is 0.154. The van der Waals surface area contributed by atoms with Crippen molar-refractivity contribution in [1.82, 2.24) is 4.98 Å².